The molecule has 9 heavy (non-hydrogen) atoms. The minimum absolute atomic E-state index is 0.754. The second-order valence-corrected chi connectivity index (χ2v) is 4.74. The summed E-state index contributed by atoms with van der Waals surface area (Å²) < 4.78 is 0.907. The van der Waals surface area contributed by atoms with Gasteiger partial charge in [0.15, 0.2) is 0 Å². The van der Waals surface area contributed by atoms with E-state index >= 15 is 0 Å². The third-order valence-corrected chi connectivity index (χ3v) is 2.91. The van der Waals surface area contributed by atoms with Crippen molar-refractivity contribution in [3.63, 3.8) is 0 Å². The predicted molar refractivity (Wildman–Crippen MR) is 49.1 cm³/mol. The van der Waals surface area contributed by atoms with Crippen molar-refractivity contribution in [2.45, 2.75) is 30.2 Å². The van der Waals surface area contributed by atoms with Gasteiger partial charge in [0.2, 0.25) is 0 Å². The van der Waals surface area contributed by atoms with Crippen molar-refractivity contribution >= 4 is 22.6 Å². The molecule has 2 heteroatoms. The van der Waals surface area contributed by atoms with Crippen LogP contribution < -0.4 is 0 Å². The van der Waals surface area contributed by atoms with E-state index in [2.05, 4.69) is 41.3 Å². The van der Waals surface area contributed by atoms with Gasteiger partial charge in [0.1, 0.15) is 0 Å². The summed E-state index contributed by atoms with van der Waals surface area (Å²) in [6.45, 7) is 7.16. The number of halogens is 1. The maximum Gasteiger partial charge on any atom is 0.0249 e. The molecule has 1 heterocycles. The first-order chi connectivity index (χ1) is 4.20. The molecule has 0 aromatic rings. The Morgan fingerprint density at radius 1 is 1.56 bits per heavy atom. The first-order valence-corrected chi connectivity index (χ1v) is 4.83. The number of nitrogens with zero attached hydrogens (tertiary/aromatic N) is 1. The van der Waals surface area contributed by atoms with Gasteiger partial charge in [-0.15, -0.1) is 0 Å². The zero-order valence-electron chi connectivity index (χ0n) is 6.10. The molecule has 1 aliphatic rings. The van der Waals surface area contributed by atoms with E-state index in [1.165, 1.54) is 19.5 Å². The monoisotopic (exact) mass is 239 g/mol. The van der Waals surface area contributed by atoms with Crippen LogP contribution in [0.5, 0.6) is 0 Å². The SMILES string of the molecule is CC(C)N1CCC(I)C1. The van der Waals surface area contributed by atoms with E-state index in [4.69, 9.17) is 0 Å². The first kappa shape index (κ1) is 7.79. The van der Waals surface area contributed by atoms with Crippen molar-refractivity contribution in [2.75, 3.05) is 13.1 Å². The molecular formula is C7H14IN. The zero-order valence-corrected chi connectivity index (χ0v) is 8.26. The Hall–Kier alpha value is 0.690. The highest BCUT2D eigenvalue weighted by molar-refractivity contribution is 14.1. The molecule has 0 radical (unpaired) electrons. The van der Waals surface area contributed by atoms with Crippen molar-refractivity contribution < 1.29 is 0 Å². The summed E-state index contributed by atoms with van der Waals surface area (Å²) >= 11 is 2.54. The number of rotatable bonds is 1. The first-order valence-electron chi connectivity index (χ1n) is 3.58. The van der Waals surface area contributed by atoms with Gasteiger partial charge in [-0.05, 0) is 26.8 Å². The fourth-order valence-electron chi connectivity index (χ4n) is 1.21. The Labute approximate surface area is 70.9 Å². The van der Waals surface area contributed by atoms with Crippen molar-refractivity contribution in [1.82, 2.24) is 4.90 Å². The molecule has 54 valence electrons. The Balaban J connectivity index is 2.30. The van der Waals surface area contributed by atoms with E-state index in [0.717, 1.165) is 9.97 Å². The minimum atomic E-state index is 0.754. The van der Waals surface area contributed by atoms with Crippen LogP contribution in [0.25, 0.3) is 0 Å². The standard InChI is InChI=1S/C7H14IN/c1-6(2)9-4-3-7(8)5-9/h6-7H,3-5H2,1-2H3. The number of likely N-dealkylation sites (tertiary alicyclic amines) is 1. The summed E-state index contributed by atoms with van der Waals surface area (Å²) in [6.07, 6.45) is 1.39. The normalized spacial score (nSPS) is 30.0. The van der Waals surface area contributed by atoms with E-state index < -0.39 is 0 Å². The fourth-order valence-corrected chi connectivity index (χ4v) is 2.00. The van der Waals surface area contributed by atoms with Gasteiger partial charge in [0.25, 0.3) is 0 Å². The second kappa shape index (κ2) is 3.19. The molecule has 0 saturated carbocycles. The smallest absolute Gasteiger partial charge is 0.0249 e. The van der Waals surface area contributed by atoms with Crippen LogP contribution >= 0.6 is 22.6 Å². The minimum Gasteiger partial charge on any atom is -0.300 e. The fraction of sp³-hybridized carbons (Fsp3) is 1.00. The van der Waals surface area contributed by atoms with Gasteiger partial charge in [-0.25, -0.2) is 0 Å². The van der Waals surface area contributed by atoms with Crippen LogP contribution in [0.2, 0.25) is 0 Å². The van der Waals surface area contributed by atoms with Crippen molar-refractivity contribution in [3.05, 3.63) is 0 Å². The highest BCUT2D eigenvalue weighted by atomic mass is 127. The molecular weight excluding hydrogens is 225 g/mol. The maximum absolute atomic E-state index is 2.54. The Kier molecular flexibility index (Phi) is 2.76. The van der Waals surface area contributed by atoms with Crippen LogP contribution in [0.3, 0.4) is 0 Å². The molecule has 1 fully saturated rings. The molecule has 0 aliphatic carbocycles. The van der Waals surface area contributed by atoms with Gasteiger partial charge in [-0.2, -0.15) is 0 Å². The number of hydrogen-bond donors (Lipinski definition) is 0. The van der Waals surface area contributed by atoms with Crippen LogP contribution in [-0.4, -0.2) is 28.0 Å². The third kappa shape index (κ3) is 2.08. The lowest BCUT2D eigenvalue weighted by Gasteiger charge is -2.18. The quantitative estimate of drug-likeness (QED) is 0.499. The highest BCUT2D eigenvalue weighted by Crippen LogP contribution is 2.18. The summed E-state index contributed by atoms with van der Waals surface area (Å²) in [6, 6.07) is 0.754. The van der Waals surface area contributed by atoms with Crippen molar-refractivity contribution in [2.24, 2.45) is 0 Å². The van der Waals surface area contributed by atoms with Crippen molar-refractivity contribution in [3.8, 4) is 0 Å². The van der Waals surface area contributed by atoms with Crippen LogP contribution in [0.15, 0.2) is 0 Å². The van der Waals surface area contributed by atoms with Gasteiger partial charge in [0.05, 0.1) is 0 Å². The molecule has 0 aromatic heterocycles. The van der Waals surface area contributed by atoms with E-state index in [9.17, 15) is 0 Å². The summed E-state index contributed by atoms with van der Waals surface area (Å²) in [4.78, 5) is 2.54. The number of alkyl halides is 1. The molecule has 0 spiro atoms. The van der Waals surface area contributed by atoms with Crippen LogP contribution in [0.1, 0.15) is 20.3 Å². The Bertz CT molecular complexity index is 92.9. The molecule has 1 rings (SSSR count). The highest BCUT2D eigenvalue weighted by Gasteiger charge is 2.21. The van der Waals surface area contributed by atoms with Crippen molar-refractivity contribution in [1.29, 1.82) is 0 Å². The lowest BCUT2D eigenvalue weighted by Crippen LogP contribution is -2.28. The molecule has 0 bridgehead atoms. The largest absolute Gasteiger partial charge is 0.300 e. The predicted octanol–water partition coefficient (Wildman–Crippen LogP) is 1.90. The van der Waals surface area contributed by atoms with Gasteiger partial charge >= 0.3 is 0 Å². The summed E-state index contributed by atoms with van der Waals surface area (Å²) in [7, 11) is 0. The molecule has 1 atom stereocenters. The summed E-state index contributed by atoms with van der Waals surface area (Å²) in [5, 5.41) is 0. The molecule has 1 unspecified atom stereocenters. The second-order valence-electron chi connectivity index (χ2n) is 2.97. The molecule has 0 amide bonds. The van der Waals surface area contributed by atoms with Gasteiger partial charge in [-0.3, -0.25) is 4.90 Å². The lowest BCUT2D eigenvalue weighted by atomic mass is 10.3. The molecule has 0 N–H and O–H groups in total. The Morgan fingerprint density at radius 2 is 2.22 bits per heavy atom. The summed E-state index contributed by atoms with van der Waals surface area (Å²) in [5.41, 5.74) is 0. The van der Waals surface area contributed by atoms with Gasteiger partial charge < -0.3 is 0 Å². The molecule has 1 nitrogen and oxygen atoms in total. The molecule has 0 aromatic carbocycles. The zero-order chi connectivity index (χ0) is 6.85. The van der Waals surface area contributed by atoms with Crippen LogP contribution in [-0.2, 0) is 0 Å². The summed E-state index contributed by atoms with van der Waals surface area (Å²) in [5.74, 6) is 0. The van der Waals surface area contributed by atoms with E-state index in [0.29, 0.717) is 0 Å². The van der Waals surface area contributed by atoms with Gasteiger partial charge in [-0.1, -0.05) is 22.6 Å². The lowest BCUT2D eigenvalue weighted by molar-refractivity contribution is 0.277. The van der Waals surface area contributed by atoms with Crippen LogP contribution in [0, 0.1) is 0 Å². The molecule has 1 aliphatic heterocycles. The van der Waals surface area contributed by atoms with E-state index in [1.54, 1.807) is 0 Å². The third-order valence-electron chi connectivity index (χ3n) is 1.89. The topological polar surface area (TPSA) is 3.24 Å². The number of hydrogen-bond acceptors (Lipinski definition) is 1. The van der Waals surface area contributed by atoms with E-state index in [1.807, 2.05) is 0 Å². The van der Waals surface area contributed by atoms with Crippen LogP contribution in [0.4, 0.5) is 0 Å². The Morgan fingerprint density at radius 3 is 2.44 bits per heavy atom. The molecule has 1 saturated heterocycles. The van der Waals surface area contributed by atoms with Gasteiger partial charge in [0, 0.05) is 16.5 Å². The average molecular weight is 239 g/mol. The maximum atomic E-state index is 2.54. The average Bonchev–Trinajstić information content (AvgIpc) is 2.14. The van der Waals surface area contributed by atoms with E-state index in [-0.39, 0.29) is 0 Å².